The molecular formula is C18H18N2. The van der Waals surface area contributed by atoms with Gasteiger partial charge in [0.1, 0.15) is 0 Å². The monoisotopic (exact) mass is 262 g/mol. The van der Waals surface area contributed by atoms with Crippen LogP contribution >= 0.6 is 0 Å². The lowest BCUT2D eigenvalue weighted by atomic mass is 10.00. The molecule has 3 rings (SSSR count). The lowest BCUT2D eigenvalue weighted by Gasteiger charge is -2.12. The molecule has 0 fully saturated rings. The van der Waals surface area contributed by atoms with Crippen LogP contribution in [-0.2, 0) is 0 Å². The summed E-state index contributed by atoms with van der Waals surface area (Å²) >= 11 is 0. The van der Waals surface area contributed by atoms with E-state index in [2.05, 4.69) is 60.8 Å². The second-order valence-electron chi connectivity index (χ2n) is 4.86. The third kappa shape index (κ3) is 2.21. The molecule has 0 spiro atoms. The van der Waals surface area contributed by atoms with Gasteiger partial charge in [-0.25, -0.2) is 0 Å². The Hall–Kier alpha value is -2.48. The Morgan fingerprint density at radius 1 is 0.900 bits per heavy atom. The summed E-state index contributed by atoms with van der Waals surface area (Å²) in [4.78, 5) is 0. The van der Waals surface area contributed by atoms with Crippen LogP contribution in [0.1, 0.15) is 6.92 Å². The smallest absolute Gasteiger partial charge is 0.0653 e. The Bertz CT molecular complexity index is 733. The van der Waals surface area contributed by atoms with Gasteiger partial charge in [0.15, 0.2) is 0 Å². The van der Waals surface area contributed by atoms with Gasteiger partial charge in [-0.05, 0) is 35.6 Å². The van der Waals surface area contributed by atoms with E-state index in [4.69, 9.17) is 5.73 Å². The van der Waals surface area contributed by atoms with Gasteiger partial charge >= 0.3 is 0 Å². The van der Waals surface area contributed by atoms with Crippen LogP contribution in [0.2, 0.25) is 0 Å². The van der Waals surface area contributed by atoms with Crippen LogP contribution in [0.4, 0.5) is 11.4 Å². The van der Waals surface area contributed by atoms with Gasteiger partial charge in [-0.1, -0.05) is 48.5 Å². The van der Waals surface area contributed by atoms with E-state index >= 15 is 0 Å². The quantitative estimate of drug-likeness (QED) is 0.681. The molecule has 0 aromatic heterocycles. The van der Waals surface area contributed by atoms with Crippen molar-refractivity contribution in [2.75, 3.05) is 17.6 Å². The van der Waals surface area contributed by atoms with Crippen LogP contribution in [0.5, 0.6) is 0 Å². The molecule has 0 aliphatic heterocycles. The van der Waals surface area contributed by atoms with Crippen molar-refractivity contribution in [2.45, 2.75) is 6.92 Å². The molecule has 2 heteroatoms. The molecule has 0 aliphatic carbocycles. The third-order valence-electron chi connectivity index (χ3n) is 3.51. The fourth-order valence-electron chi connectivity index (χ4n) is 2.53. The zero-order chi connectivity index (χ0) is 13.9. The molecule has 0 amide bonds. The molecule has 3 N–H and O–H groups in total. The summed E-state index contributed by atoms with van der Waals surface area (Å²) in [5, 5.41) is 5.73. The first kappa shape index (κ1) is 12.5. The number of nitrogen functional groups attached to an aromatic ring is 1. The van der Waals surface area contributed by atoms with Crippen LogP contribution < -0.4 is 11.1 Å². The van der Waals surface area contributed by atoms with Gasteiger partial charge in [0, 0.05) is 11.9 Å². The SMILES string of the molecule is CCNc1c(N)ccc2cc(-c3ccccc3)ccc12. The van der Waals surface area contributed by atoms with Crippen LogP contribution in [0.3, 0.4) is 0 Å². The van der Waals surface area contributed by atoms with E-state index in [0.29, 0.717) is 0 Å². The molecule has 0 atom stereocenters. The third-order valence-corrected chi connectivity index (χ3v) is 3.51. The summed E-state index contributed by atoms with van der Waals surface area (Å²) < 4.78 is 0. The van der Waals surface area contributed by atoms with Crippen LogP contribution in [-0.4, -0.2) is 6.54 Å². The highest BCUT2D eigenvalue weighted by molar-refractivity contribution is 6.01. The van der Waals surface area contributed by atoms with E-state index < -0.39 is 0 Å². The summed E-state index contributed by atoms with van der Waals surface area (Å²) in [6, 6.07) is 21.0. The zero-order valence-corrected chi connectivity index (χ0v) is 11.6. The number of fused-ring (bicyclic) bond motifs is 1. The average molecular weight is 262 g/mol. The minimum absolute atomic E-state index is 0.798. The minimum atomic E-state index is 0.798. The molecule has 0 saturated heterocycles. The van der Waals surface area contributed by atoms with E-state index in [1.165, 1.54) is 21.9 Å². The molecule has 100 valence electrons. The Balaban J connectivity index is 2.16. The van der Waals surface area contributed by atoms with E-state index in [9.17, 15) is 0 Å². The number of hydrogen-bond donors (Lipinski definition) is 2. The summed E-state index contributed by atoms with van der Waals surface area (Å²) in [5.74, 6) is 0. The van der Waals surface area contributed by atoms with Crippen molar-refractivity contribution in [3.05, 3.63) is 60.7 Å². The highest BCUT2D eigenvalue weighted by Crippen LogP contribution is 2.32. The molecule has 0 radical (unpaired) electrons. The van der Waals surface area contributed by atoms with Gasteiger partial charge in [-0.3, -0.25) is 0 Å². The standard InChI is InChI=1S/C18H18N2/c1-2-20-18-16-10-8-14(13-6-4-3-5-7-13)12-15(16)9-11-17(18)19/h3-12,20H,2,19H2,1H3. The molecule has 3 aromatic carbocycles. The average Bonchev–Trinajstić information content (AvgIpc) is 2.51. The summed E-state index contributed by atoms with van der Waals surface area (Å²) in [6.45, 7) is 2.94. The molecular weight excluding hydrogens is 244 g/mol. The fourth-order valence-corrected chi connectivity index (χ4v) is 2.53. The first-order chi connectivity index (χ1) is 9.79. The van der Waals surface area contributed by atoms with Crippen molar-refractivity contribution in [3.8, 4) is 11.1 Å². The topological polar surface area (TPSA) is 38.0 Å². The van der Waals surface area contributed by atoms with E-state index in [1.807, 2.05) is 12.1 Å². The first-order valence-corrected chi connectivity index (χ1v) is 6.91. The largest absolute Gasteiger partial charge is 0.397 e. The summed E-state index contributed by atoms with van der Waals surface area (Å²) in [7, 11) is 0. The molecule has 0 unspecified atom stereocenters. The Labute approximate surface area is 119 Å². The summed E-state index contributed by atoms with van der Waals surface area (Å²) in [6.07, 6.45) is 0. The Kier molecular flexibility index (Phi) is 3.30. The van der Waals surface area contributed by atoms with Crippen LogP contribution in [0.25, 0.3) is 21.9 Å². The van der Waals surface area contributed by atoms with Crippen molar-refractivity contribution in [2.24, 2.45) is 0 Å². The number of hydrogen-bond acceptors (Lipinski definition) is 2. The van der Waals surface area contributed by atoms with Crippen molar-refractivity contribution in [1.29, 1.82) is 0 Å². The number of benzene rings is 3. The lowest BCUT2D eigenvalue weighted by Crippen LogP contribution is -2.01. The van der Waals surface area contributed by atoms with Crippen molar-refractivity contribution >= 4 is 22.1 Å². The normalized spacial score (nSPS) is 10.7. The Morgan fingerprint density at radius 3 is 2.45 bits per heavy atom. The van der Waals surface area contributed by atoms with Crippen molar-refractivity contribution in [3.63, 3.8) is 0 Å². The molecule has 2 nitrogen and oxygen atoms in total. The molecule has 0 bridgehead atoms. The van der Waals surface area contributed by atoms with Crippen molar-refractivity contribution in [1.82, 2.24) is 0 Å². The van der Waals surface area contributed by atoms with Gasteiger partial charge in [0.25, 0.3) is 0 Å². The zero-order valence-electron chi connectivity index (χ0n) is 11.6. The van der Waals surface area contributed by atoms with Gasteiger partial charge in [-0.2, -0.15) is 0 Å². The summed E-state index contributed by atoms with van der Waals surface area (Å²) in [5.41, 5.74) is 10.3. The second-order valence-corrected chi connectivity index (χ2v) is 4.86. The minimum Gasteiger partial charge on any atom is -0.397 e. The van der Waals surface area contributed by atoms with Crippen molar-refractivity contribution < 1.29 is 0 Å². The maximum absolute atomic E-state index is 6.06. The fraction of sp³-hybridized carbons (Fsp3) is 0.111. The number of rotatable bonds is 3. The van der Waals surface area contributed by atoms with Gasteiger partial charge < -0.3 is 11.1 Å². The number of nitrogens with two attached hydrogens (primary N) is 1. The second kappa shape index (κ2) is 5.25. The van der Waals surface area contributed by atoms with Gasteiger partial charge in [0.05, 0.1) is 11.4 Å². The molecule has 0 heterocycles. The van der Waals surface area contributed by atoms with E-state index in [1.54, 1.807) is 0 Å². The number of nitrogens with one attached hydrogen (secondary N) is 1. The van der Waals surface area contributed by atoms with Gasteiger partial charge in [0.2, 0.25) is 0 Å². The maximum atomic E-state index is 6.06. The van der Waals surface area contributed by atoms with E-state index in [0.717, 1.165) is 17.9 Å². The van der Waals surface area contributed by atoms with Gasteiger partial charge in [-0.15, -0.1) is 0 Å². The Morgan fingerprint density at radius 2 is 1.70 bits per heavy atom. The molecule has 20 heavy (non-hydrogen) atoms. The molecule has 0 aliphatic rings. The lowest BCUT2D eigenvalue weighted by molar-refractivity contribution is 1.22. The van der Waals surface area contributed by atoms with Crippen LogP contribution in [0.15, 0.2) is 60.7 Å². The predicted octanol–water partition coefficient (Wildman–Crippen LogP) is 4.52. The molecule has 3 aromatic rings. The highest BCUT2D eigenvalue weighted by atomic mass is 14.9. The predicted molar refractivity (Wildman–Crippen MR) is 88.0 cm³/mol. The van der Waals surface area contributed by atoms with E-state index in [-0.39, 0.29) is 0 Å². The molecule has 0 saturated carbocycles. The van der Waals surface area contributed by atoms with Crippen LogP contribution in [0, 0.1) is 0 Å². The highest BCUT2D eigenvalue weighted by Gasteiger charge is 2.06. The first-order valence-electron chi connectivity index (χ1n) is 6.91. The number of anilines is 2. The maximum Gasteiger partial charge on any atom is 0.0653 e.